The highest BCUT2D eigenvalue weighted by molar-refractivity contribution is 7.21. The Balaban J connectivity index is 1.60. The number of hydrazine groups is 1. The van der Waals surface area contributed by atoms with E-state index >= 15 is 0 Å². The molecule has 4 rings (SSSR count). The van der Waals surface area contributed by atoms with E-state index in [-0.39, 0.29) is 29.9 Å². The molecule has 0 saturated carbocycles. The van der Waals surface area contributed by atoms with Crippen molar-refractivity contribution in [2.75, 3.05) is 46.5 Å². The molecule has 8 nitrogen and oxygen atoms in total. The standard InChI is InChI=1S/C21H28N4O4S/c1-13-15(11-23-24-13)21(27)25-8-10-29-16(12-25)18-14-5-3-4-6-17(14)30-19(18)20(26)22-7-9-28-2/h3-6,13,15-16,23-24H,7-12H2,1-2H3,(H,22,26). The summed E-state index contributed by atoms with van der Waals surface area (Å²) in [5.74, 6) is -0.105. The molecule has 1 aromatic carbocycles. The summed E-state index contributed by atoms with van der Waals surface area (Å²) in [6.45, 7) is 4.99. The molecular formula is C21H28N4O4S. The Kier molecular flexibility index (Phi) is 6.64. The number of nitrogens with one attached hydrogen (secondary N) is 3. The summed E-state index contributed by atoms with van der Waals surface area (Å²) in [5, 5.41) is 3.93. The molecule has 9 heteroatoms. The molecule has 2 saturated heterocycles. The van der Waals surface area contributed by atoms with Crippen molar-refractivity contribution in [1.82, 2.24) is 21.1 Å². The maximum Gasteiger partial charge on any atom is 0.261 e. The van der Waals surface area contributed by atoms with Crippen LogP contribution in [-0.4, -0.2) is 69.3 Å². The SMILES string of the molecule is COCCNC(=O)c1sc2ccccc2c1C1CN(C(=O)C2CNNC2C)CCO1. The molecule has 0 aliphatic carbocycles. The van der Waals surface area contributed by atoms with E-state index in [9.17, 15) is 9.59 Å². The van der Waals surface area contributed by atoms with Crippen LogP contribution in [-0.2, 0) is 14.3 Å². The van der Waals surface area contributed by atoms with Crippen LogP contribution in [0.5, 0.6) is 0 Å². The highest BCUT2D eigenvalue weighted by atomic mass is 32.1. The molecule has 0 spiro atoms. The first kappa shape index (κ1) is 21.2. The minimum atomic E-state index is -0.334. The maximum absolute atomic E-state index is 13.1. The van der Waals surface area contributed by atoms with Gasteiger partial charge in [0.25, 0.3) is 5.91 Å². The first-order chi connectivity index (χ1) is 14.6. The van der Waals surface area contributed by atoms with Gasteiger partial charge >= 0.3 is 0 Å². The molecule has 2 fully saturated rings. The zero-order chi connectivity index (χ0) is 21.1. The average molecular weight is 433 g/mol. The molecule has 2 aliphatic heterocycles. The Morgan fingerprint density at radius 3 is 2.97 bits per heavy atom. The predicted octanol–water partition coefficient (Wildman–Crippen LogP) is 1.29. The summed E-state index contributed by atoms with van der Waals surface area (Å²) in [5.41, 5.74) is 7.05. The normalized spacial score (nSPS) is 24.3. The van der Waals surface area contributed by atoms with Crippen molar-refractivity contribution in [3.8, 4) is 0 Å². The van der Waals surface area contributed by atoms with Gasteiger partial charge in [-0.2, -0.15) is 0 Å². The van der Waals surface area contributed by atoms with Crippen molar-refractivity contribution >= 4 is 33.2 Å². The van der Waals surface area contributed by atoms with Gasteiger partial charge in [0.05, 0.1) is 30.6 Å². The Labute approximate surface area is 179 Å². The maximum atomic E-state index is 13.1. The number of hydrogen-bond donors (Lipinski definition) is 3. The number of methoxy groups -OCH3 is 1. The van der Waals surface area contributed by atoms with Crippen molar-refractivity contribution in [2.45, 2.75) is 19.1 Å². The summed E-state index contributed by atoms with van der Waals surface area (Å²) in [6, 6.07) is 8.05. The van der Waals surface area contributed by atoms with E-state index in [4.69, 9.17) is 9.47 Å². The minimum absolute atomic E-state index is 0.0860. The van der Waals surface area contributed by atoms with E-state index < -0.39 is 0 Å². The average Bonchev–Trinajstić information content (AvgIpc) is 3.37. The summed E-state index contributed by atoms with van der Waals surface area (Å²) < 4.78 is 12.2. The quantitative estimate of drug-likeness (QED) is 0.596. The van der Waals surface area contributed by atoms with Crippen molar-refractivity contribution in [3.63, 3.8) is 0 Å². The van der Waals surface area contributed by atoms with E-state index in [1.807, 2.05) is 36.1 Å². The number of benzene rings is 1. The first-order valence-corrected chi connectivity index (χ1v) is 11.1. The summed E-state index contributed by atoms with van der Waals surface area (Å²) in [6.07, 6.45) is -0.334. The predicted molar refractivity (Wildman–Crippen MR) is 115 cm³/mol. The van der Waals surface area contributed by atoms with Crippen LogP contribution in [0.15, 0.2) is 24.3 Å². The molecule has 2 aliphatic rings. The summed E-state index contributed by atoms with van der Waals surface area (Å²) in [7, 11) is 1.61. The molecule has 0 bridgehead atoms. The van der Waals surface area contributed by atoms with Gasteiger partial charge in [-0.1, -0.05) is 18.2 Å². The van der Waals surface area contributed by atoms with Crippen LogP contribution < -0.4 is 16.2 Å². The van der Waals surface area contributed by atoms with E-state index in [0.29, 0.717) is 44.3 Å². The third-order valence-corrected chi connectivity index (χ3v) is 6.89. The highest BCUT2D eigenvalue weighted by Crippen LogP contribution is 2.38. The Morgan fingerprint density at radius 1 is 1.37 bits per heavy atom. The van der Waals surface area contributed by atoms with E-state index in [1.165, 1.54) is 11.3 Å². The number of carbonyl (C=O) groups excluding carboxylic acids is 2. The van der Waals surface area contributed by atoms with Crippen molar-refractivity contribution in [1.29, 1.82) is 0 Å². The molecule has 3 heterocycles. The fraction of sp³-hybridized carbons (Fsp3) is 0.524. The fourth-order valence-electron chi connectivity index (χ4n) is 4.07. The van der Waals surface area contributed by atoms with Gasteiger partial charge < -0.3 is 19.7 Å². The van der Waals surface area contributed by atoms with Crippen molar-refractivity contribution in [2.24, 2.45) is 5.92 Å². The molecular weight excluding hydrogens is 404 g/mol. The third-order valence-electron chi connectivity index (χ3n) is 5.70. The van der Waals surface area contributed by atoms with Crippen LogP contribution >= 0.6 is 11.3 Å². The third kappa shape index (κ3) is 4.21. The van der Waals surface area contributed by atoms with E-state index in [2.05, 4.69) is 16.2 Å². The van der Waals surface area contributed by atoms with Crippen LogP contribution in [0.4, 0.5) is 0 Å². The second-order valence-corrected chi connectivity index (χ2v) is 8.71. The lowest BCUT2D eigenvalue weighted by Crippen LogP contribution is -2.47. The number of fused-ring (bicyclic) bond motifs is 1. The molecule has 30 heavy (non-hydrogen) atoms. The molecule has 162 valence electrons. The monoisotopic (exact) mass is 432 g/mol. The molecule has 2 aromatic rings. The van der Waals surface area contributed by atoms with Crippen molar-refractivity contribution in [3.05, 3.63) is 34.7 Å². The lowest BCUT2D eigenvalue weighted by atomic mass is 9.99. The number of thiophene rings is 1. The van der Waals surface area contributed by atoms with Gasteiger partial charge in [0.2, 0.25) is 5.91 Å². The largest absolute Gasteiger partial charge is 0.383 e. The van der Waals surface area contributed by atoms with Gasteiger partial charge in [-0.3, -0.25) is 20.4 Å². The van der Waals surface area contributed by atoms with Gasteiger partial charge in [0, 0.05) is 43.0 Å². The summed E-state index contributed by atoms with van der Waals surface area (Å²) >= 11 is 1.46. The highest BCUT2D eigenvalue weighted by Gasteiger charge is 2.37. The molecule has 3 atom stereocenters. The molecule has 3 N–H and O–H groups in total. The topological polar surface area (TPSA) is 91.9 Å². The number of carbonyl (C=O) groups is 2. The number of hydrogen-bond acceptors (Lipinski definition) is 7. The van der Waals surface area contributed by atoms with E-state index in [1.54, 1.807) is 7.11 Å². The van der Waals surface area contributed by atoms with Gasteiger partial charge in [-0.25, -0.2) is 0 Å². The summed E-state index contributed by atoms with van der Waals surface area (Å²) in [4.78, 5) is 28.5. The van der Waals surface area contributed by atoms with Crippen LogP contribution in [0.2, 0.25) is 0 Å². The van der Waals surface area contributed by atoms with Gasteiger partial charge in [0.15, 0.2) is 0 Å². The van der Waals surface area contributed by atoms with Crippen LogP contribution in [0.25, 0.3) is 10.1 Å². The number of nitrogens with zero attached hydrogens (tertiary/aromatic N) is 1. The van der Waals surface area contributed by atoms with Gasteiger partial charge in [-0.05, 0) is 18.4 Å². The van der Waals surface area contributed by atoms with Crippen LogP contribution in [0, 0.1) is 5.92 Å². The van der Waals surface area contributed by atoms with E-state index in [0.717, 1.165) is 15.6 Å². The number of rotatable bonds is 6. The lowest BCUT2D eigenvalue weighted by molar-refractivity contribution is -0.143. The zero-order valence-electron chi connectivity index (χ0n) is 17.3. The Hall–Kier alpha value is -2.04. The smallest absolute Gasteiger partial charge is 0.261 e. The van der Waals surface area contributed by atoms with Crippen molar-refractivity contribution < 1.29 is 19.1 Å². The Bertz CT molecular complexity index is 918. The zero-order valence-corrected chi connectivity index (χ0v) is 18.1. The molecule has 3 unspecified atom stereocenters. The number of amides is 2. The van der Waals surface area contributed by atoms with Crippen LogP contribution in [0.3, 0.4) is 0 Å². The Morgan fingerprint density at radius 2 is 2.20 bits per heavy atom. The number of ether oxygens (including phenoxy) is 2. The second kappa shape index (κ2) is 9.40. The molecule has 0 radical (unpaired) electrons. The molecule has 1 aromatic heterocycles. The lowest BCUT2D eigenvalue weighted by Gasteiger charge is -2.35. The molecule has 2 amide bonds. The van der Waals surface area contributed by atoms with Gasteiger partial charge in [0.1, 0.15) is 6.10 Å². The van der Waals surface area contributed by atoms with Gasteiger partial charge in [-0.15, -0.1) is 11.3 Å². The van der Waals surface area contributed by atoms with Crippen LogP contribution in [0.1, 0.15) is 28.3 Å². The second-order valence-electron chi connectivity index (χ2n) is 7.65. The number of morpholine rings is 1. The minimum Gasteiger partial charge on any atom is -0.383 e. The fourth-order valence-corrected chi connectivity index (χ4v) is 5.24. The first-order valence-electron chi connectivity index (χ1n) is 10.3.